The first-order valence-corrected chi connectivity index (χ1v) is 14.8. The Hall–Kier alpha value is -4.35. The number of aromatic nitrogens is 3. The van der Waals surface area contributed by atoms with E-state index in [2.05, 4.69) is 30.5 Å². The standard InChI is InChI=1S/C29H30N6O4S/c1-40(37,38)39-27-17-21(20-35-15-3-2-4-16-35)10-11-25(27)28(36)32-23-8-5-9-24(18-23)33-29-31-14-12-26(34-29)22-7-6-13-30-19-22/h5-14,17-19H,2-4,15-16,20H2,1H3,(H,32,36)(H,31,33,34). The van der Waals surface area contributed by atoms with Crippen LogP contribution in [0, 0.1) is 0 Å². The van der Waals surface area contributed by atoms with Gasteiger partial charge in [0.2, 0.25) is 5.95 Å². The minimum Gasteiger partial charge on any atom is -0.382 e. The molecular formula is C29H30N6O4S. The number of pyridine rings is 1. The van der Waals surface area contributed by atoms with Crippen LogP contribution in [0.3, 0.4) is 0 Å². The molecule has 3 heterocycles. The van der Waals surface area contributed by atoms with Gasteiger partial charge in [-0.15, -0.1) is 0 Å². The third-order valence-electron chi connectivity index (χ3n) is 6.38. The Balaban J connectivity index is 1.32. The molecule has 1 fully saturated rings. The summed E-state index contributed by atoms with van der Waals surface area (Å²) in [5, 5.41) is 5.99. The van der Waals surface area contributed by atoms with Gasteiger partial charge in [-0.3, -0.25) is 14.7 Å². The second kappa shape index (κ2) is 12.2. The van der Waals surface area contributed by atoms with Gasteiger partial charge in [-0.25, -0.2) is 9.97 Å². The molecular weight excluding hydrogens is 528 g/mol. The Morgan fingerprint density at radius 1 is 0.975 bits per heavy atom. The monoisotopic (exact) mass is 558 g/mol. The van der Waals surface area contributed by atoms with Gasteiger partial charge in [0.15, 0.2) is 5.75 Å². The lowest BCUT2D eigenvalue weighted by molar-refractivity contribution is 0.102. The molecule has 4 aromatic rings. The first kappa shape index (κ1) is 27.2. The number of piperidine rings is 1. The van der Waals surface area contributed by atoms with Crippen LogP contribution in [0.4, 0.5) is 17.3 Å². The van der Waals surface area contributed by atoms with Crippen molar-refractivity contribution in [3.63, 3.8) is 0 Å². The topological polar surface area (TPSA) is 126 Å². The van der Waals surface area contributed by atoms with E-state index in [1.807, 2.05) is 24.3 Å². The molecule has 0 saturated carbocycles. The third-order valence-corrected chi connectivity index (χ3v) is 6.86. The molecule has 1 saturated heterocycles. The van der Waals surface area contributed by atoms with E-state index in [9.17, 15) is 13.2 Å². The minimum atomic E-state index is -3.84. The number of carbonyl (C=O) groups excluding carboxylic acids is 1. The van der Waals surface area contributed by atoms with Gasteiger partial charge in [0, 0.05) is 42.1 Å². The Labute approximate surface area is 233 Å². The van der Waals surface area contributed by atoms with Crippen molar-refractivity contribution in [1.29, 1.82) is 0 Å². The van der Waals surface area contributed by atoms with E-state index in [1.165, 1.54) is 6.42 Å². The van der Waals surface area contributed by atoms with Crippen LogP contribution in [-0.2, 0) is 16.7 Å². The maximum Gasteiger partial charge on any atom is 0.306 e. The van der Waals surface area contributed by atoms with Gasteiger partial charge in [-0.05, 0) is 80.0 Å². The summed E-state index contributed by atoms with van der Waals surface area (Å²) < 4.78 is 29.2. The van der Waals surface area contributed by atoms with Crippen LogP contribution in [0.15, 0.2) is 79.3 Å². The lowest BCUT2D eigenvalue weighted by Gasteiger charge is -2.26. The Kier molecular flexibility index (Phi) is 8.32. The number of rotatable bonds is 9. The number of benzene rings is 2. The van der Waals surface area contributed by atoms with E-state index < -0.39 is 16.0 Å². The largest absolute Gasteiger partial charge is 0.382 e. The summed E-state index contributed by atoms with van der Waals surface area (Å²) >= 11 is 0. The number of carbonyl (C=O) groups is 1. The molecule has 0 unspecified atom stereocenters. The van der Waals surface area contributed by atoms with Gasteiger partial charge in [0.25, 0.3) is 5.91 Å². The Bertz CT molecular complexity index is 1590. The summed E-state index contributed by atoms with van der Waals surface area (Å²) in [7, 11) is -3.84. The number of anilines is 3. The first-order valence-electron chi connectivity index (χ1n) is 13.0. The average Bonchev–Trinajstić information content (AvgIpc) is 2.94. The van der Waals surface area contributed by atoms with Crippen LogP contribution in [-0.4, -0.2) is 53.5 Å². The van der Waals surface area contributed by atoms with E-state index in [0.29, 0.717) is 23.9 Å². The van der Waals surface area contributed by atoms with Crippen LogP contribution in [0.1, 0.15) is 35.2 Å². The highest BCUT2D eigenvalue weighted by atomic mass is 32.2. The zero-order chi connectivity index (χ0) is 28.0. The summed E-state index contributed by atoms with van der Waals surface area (Å²) in [6.45, 7) is 2.65. The third kappa shape index (κ3) is 7.39. The molecule has 1 aliphatic rings. The zero-order valence-corrected chi connectivity index (χ0v) is 22.9. The molecule has 10 nitrogen and oxygen atoms in total. The van der Waals surface area contributed by atoms with Gasteiger partial charge in [-0.2, -0.15) is 8.42 Å². The first-order chi connectivity index (χ1) is 19.3. The normalized spacial score (nSPS) is 13.9. The molecule has 1 amide bonds. The number of hydrogen-bond donors (Lipinski definition) is 2. The fraction of sp³-hybridized carbons (Fsp3) is 0.241. The maximum atomic E-state index is 13.2. The highest BCUT2D eigenvalue weighted by Crippen LogP contribution is 2.26. The van der Waals surface area contributed by atoms with Gasteiger partial charge < -0.3 is 14.8 Å². The minimum absolute atomic E-state index is 0.00408. The van der Waals surface area contributed by atoms with E-state index in [0.717, 1.165) is 49.0 Å². The van der Waals surface area contributed by atoms with Gasteiger partial charge >= 0.3 is 10.1 Å². The van der Waals surface area contributed by atoms with Crippen molar-refractivity contribution in [3.8, 4) is 17.0 Å². The fourth-order valence-corrected chi connectivity index (χ4v) is 5.02. The van der Waals surface area contributed by atoms with Crippen LogP contribution in [0.2, 0.25) is 0 Å². The number of amides is 1. The van der Waals surface area contributed by atoms with Crippen LogP contribution >= 0.6 is 0 Å². The Morgan fingerprint density at radius 2 is 1.80 bits per heavy atom. The molecule has 5 rings (SSSR count). The number of hydrogen-bond acceptors (Lipinski definition) is 9. The quantitative estimate of drug-likeness (QED) is 0.277. The van der Waals surface area contributed by atoms with E-state index in [4.69, 9.17) is 4.18 Å². The van der Waals surface area contributed by atoms with Crippen molar-refractivity contribution < 1.29 is 17.4 Å². The van der Waals surface area contributed by atoms with Gasteiger partial charge in [0.1, 0.15) is 0 Å². The summed E-state index contributed by atoms with van der Waals surface area (Å²) in [5.74, 6) is -0.0995. The highest BCUT2D eigenvalue weighted by molar-refractivity contribution is 7.86. The predicted molar refractivity (Wildman–Crippen MR) is 154 cm³/mol. The SMILES string of the molecule is CS(=O)(=O)Oc1cc(CN2CCCCC2)ccc1C(=O)Nc1cccc(Nc2nccc(-c3cccnc3)n2)c1. The summed E-state index contributed by atoms with van der Waals surface area (Å²) in [5.41, 5.74) is 3.75. The smallest absolute Gasteiger partial charge is 0.306 e. The molecule has 2 aromatic heterocycles. The number of nitrogens with one attached hydrogen (secondary N) is 2. The number of likely N-dealkylation sites (tertiary alicyclic amines) is 1. The highest BCUT2D eigenvalue weighted by Gasteiger charge is 2.19. The molecule has 0 aliphatic carbocycles. The number of nitrogens with zero attached hydrogens (tertiary/aromatic N) is 4. The van der Waals surface area contributed by atoms with Crippen LogP contribution in [0.5, 0.6) is 5.75 Å². The molecule has 1 aliphatic heterocycles. The van der Waals surface area contributed by atoms with E-state index >= 15 is 0 Å². The van der Waals surface area contributed by atoms with Crippen LogP contribution < -0.4 is 14.8 Å². The van der Waals surface area contributed by atoms with Crippen molar-refractivity contribution in [1.82, 2.24) is 19.9 Å². The molecule has 206 valence electrons. The fourth-order valence-electron chi connectivity index (χ4n) is 4.56. The predicted octanol–water partition coefficient (Wildman–Crippen LogP) is 4.86. The maximum absolute atomic E-state index is 13.2. The van der Waals surface area contributed by atoms with Crippen molar-refractivity contribution in [2.75, 3.05) is 30.0 Å². The summed E-state index contributed by atoms with van der Waals surface area (Å²) in [4.78, 5) is 28.5. The van der Waals surface area contributed by atoms with Crippen molar-refractivity contribution >= 4 is 33.3 Å². The van der Waals surface area contributed by atoms with E-state index in [-0.39, 0.29) is 11.3 Å². The lowest BCUT2D eigenvalue weighted by Crippen LogP contribution is -2.29. The van der Waals surface area contributed by atoms with E-state index in [1.54, 1.807) is 55.0 Å². The molecule has 0 atom stereocenters. The molecule has 40 heavy (non-hydrogen) atoms. The second-order valence-corrected chi connectivity index (χ2v) is 11.2. The molecule has 0 radical (unpaired) electrons. The van der Waals surface area contributed by atoms with Crippen molar-refractivity contribution in [3.05, 3.63) is 90.4 Å². The zero-order valence-electron chi connectivity index (χ0n) is 22.1. The molecule has 11 heteroatoms. The lowest BCUT2D eigenvalue weighted by atomic mass is 10.1. The Morgan fingerprint density at radius 3 is 2.58 bits per heavy atom. The molecule has 2 N–H and O–H groups in total. The van der Waals surface area contributed by atoms with Gasteiger partial charge in [-0.1, -0.05) is 18.6 Å². The van der Waals surface area contributed by atoms with Crippen molar-refractivity contribution in [2.45, 2.75) is 25.8 Å². The molecule has 2 aromatic carbocycles. The molecule has 0 bridgehead atoms. The van der Waals surface area contributed by atoms with Crippen LogP contribution in [0.25, 0.3) is 11.3 Å². The summed E-state index contributed by atoms with van der Waals surface area (Å²) in [6.07, 6.45) is 9.55. The molecule has 0 spiro atoms. The van der Waals surface area contributed by atoms with Gasteiger partial charge in [0.05, 0.1) is 17.5 Å². The average molecular weight is 559 g/mol. The van der Waals surface area contributed by atoms with Crippen molar-refractivity contribution in [2.24, 2.45) is 0 Å². The second-order valence-electron chi connectivity index (χ2n) is 9.62. The summed E-state index contributed by atoms with van der Waals surface area (Å²) in [6, 6.07) is 17.7.